The van der Waals surface area contributed by atoms with Crippen LogP contribution >= 0.6 is 45.7 Å². The lowest BCUT2D eigenvalue weighted by Gasteiger charge is -2.42. The molecule has 0 radical (unpaired) electrons. The van der Waals surface area contributed by atoms with Crippen LogP contribution in [0.4, 0.5) is 0 Å². The number of nitrogens with zero attached hydrogens (tertiary/aromatic N) is 1. The Labute approximate surface area is 122 Å². The fourth-order valence-electron chi connectivity index (χ4n) is 2.38. The summed E-state index contributed by atoms with van der Waals surface area (Å²) in [6.45, 7) is 7.12. The van der Waals surface area contributed by atoms with Crippen molar-refractivity contribution in [2.24, 2.45) is 11.3 Å². The third-order valence-electron chi connectivity index (χ3n) is 3.56. The van der Waals surface area contributed by atoms with E-state index in [1.165, 1.54) is 19.3 Å². The van der Waals surface area contributed by atoms with Crippen molar-refractivity contribution in [3.05, 3.63) is 0 Å². The Morgan fingerprint density at radius 1 is 1.20 bits per heavy atom. The lowest BCUT2D eigenvalue weighted by atomic mass is 9.69. The molecule has 90 valence electrons. The number of rotatable bonds is 2. The van der Waals surface area contributed by atoms with Gasteiger partial charge in [0, 0.05) is 57.8 Å². The molecule has 2 nitrogen and oxygen atoms in total. The molecule has 1 saturated carbocycles. The van der Waals surface area contributed by atoms with Crippen LogP contribution in [0.1, 0.15) is 40.0 Å². The van der Waals surface area contributed by atoms with Crippen LogP contribution in [0, 0.1) is 11.3 Å². The lowest BCUT2D eigenvalue weighted by Crippen LogP contribution is -2.43. The third kappa shape index (κ3) is 4.27. The van der Waals surface area contributed by atoms with Gasteiger partial charge in [0.2, 0.25) is 0 Å². The van der Waals surface area contributed by atoms with Crippen LogP contribution in [0.2, 0.25) is 0 Å². The molecule has 0 saturated heterocycles. The number of hydrogen-bond donors (Lipinski definition) is 1. The van der Waals surface area contributed by atoms with E-state index in [9.17, 15) is 0 Å². The molecule has 0 bridgehead atoms. The van der Waals surface area contributed by atoms with Gasteiger partial charge in [0.1, 0.15) is 0 Å². The highest BCUT2D eigenvalue weighted by Crippen LogP contribution is 2.39. The van der Waals surface area contributed by atoms with Gasteiger partial charge >= 0.3 is 0 Å². The lowest BCUT2D eigenvalue weighted by molar-refractivity contribution is 0.125. The van der Waals surface area contributed by atoms with Crippen LogP contribution in [0.5, 0.6) is 0 Å². The Morgan fingerprint density at radius 2 is 1.80 bits per heavy atom. The molecule has 0 spiro atoms. The summed E-state index contributed by atoms with van der Waals surface area (Å²) in [5.41, 5.74) is 0.442. The molecule has 0 amide bonds. The monoisotopic (exact) mass is 436 g/mol. The maximum Gasteiger partial charge on any atom is 0.0209 e. The van der Waals surface area contributed by atoms with Crippen molar-refractivity contribution in [1.29, 1.82) is 0 Å². The van der Waals surface area contributed by atoms with Gasteiger partial charge in [-0.15, -0.1) is 0 Å². The van der Waals surface area contributed by atoms with Crippen molar-refractivity contribution >= 4 is 45.7 Å². The molecule has 3 atom stereocenters. The second-order valence-electron chi connectivity index (χ2n) is 5.75. The molecule has 0 heterocycles. The van der Waals surface area contributed by atoms with Crippen LogP contribution in [0.15, 0.2) is 0 Å². The topological polar surface area (TPSA) is 15.3 Å². The molecule has 1 fully saturated rings. The minimum atomic E-state index is 0.442. The first-order valence-corrected chi connectivity index (χ1v) is 7.63. The zero-order valence-corrected chi connectivity index (χ0v) is 14.4. The highest BCUT2D eigenvalue weighted by atomic mass is 127. The van der Waals surface area contributed by atoms with Gasteiger partial charge in [-0.05, 0) is 37.6 Å². The van der Waals surface area contributed by atoms with E-state index in [0.29, 0.717) is 11.5 Å². The summed E-state index contributed by atoms with van der Waals surface area (Å²) >= 11 is 4.74. The summed E-state index contributed by atoms with van der Waals surface area (Å²) in [5.74, 6) is 0.834. The average molecular weight is 436 g/mol. The Bertz CT molecular complexity index is 201. The van der Waals surface area contributed by atoms with E-state index in [1.807, 2.05) is 0 Å². The van der Waals surface area contributed by atoms with Crippen molar-refractivity contribution in [3.8, 4) is 0 Å². The van der Waals surface area contributed by atoms with Gasteiger partial charge in [-0.3, -0.25) is 3.53 Å². The first kappa shape index (κ1) is 14.4. The summed E-state index contributed by atoms with van der Waals surface area (Å²) < 4.78 is 5.79. The molecule has 0 aromatic carbocycles. The normalized spacial score (nSPS) is 33.4. The SMILES string of the molecule is CN(I)C1CC(NI)CC(C(C)(C)C)C1. The summed E-state index contributed by atoms with van der Waals surface area (Å²) in [7, 11) is 2.19. The first-order valence-electron chi connectivity index (χ1n) is 5.59. The molecule has 3 unspecified atom stereocenters. The predicted molar refractivity (Wildman–Crippen MR) is 83.3 cm³/mol. The Balaban J connectivity index is 2.67. The molecule has 0 aliphatic heterocycles. The van der Waals surface area contributed by atoms with Gasteiger partial charge in [0.25, 0.3) is 0 Å². The average Bonchev–Trinajstić information content (AvgIpc) is 2.15. The first-order chi connectivity index (χ1) is 6.84. The van der Waals surface area contributed by atoms with Crippen LogP contribution in [-0.4, -0.2) is 22.2 Å². The standard InChI is InChI=1S/C11H22I2N2/c1-11(2,3)8-5-9(14-12)7-10(6-8)15(4)13/h8-10,14H,5-7H2,1-4H3. The maximum atomic E-state index is 3.43. The quantitative estimate of drug-likeness (QED) is 0.524. The van der Waals surface area contributed by atoms with Gasteiger partial charge in [0.05, 0.1) is 0 Å². The van der Waals surface area contributed by atoms with E-state index >= 15 is 0 Å². The maximum absolute atomic E-state index is 3.43. The van der Waals surface area contributed by atoms with Crippen LogP contribution in [0.3, 0.4) is 0 Å². The van der Waals surface area contributed by atoms with Crippen molar-refractivity contribution in [1.82, 2.24) is 6.64 Å². The van der Waals surface area contributed by atoms with Gasteiger partial charge in [-0.2, -0.15) is 0 Å². The summed E-state index contributed by atoms with van der Waals surface area (Å²) in [6.07, 6.45) is 3.96. The fourth-order valence-corrected chi connectivity index (χ4v) is 3.34. The van der Waals surface area contributed by atoms with E-state index in [1.54, 1.807) is 0 Å². The predicted octanol–water partition coefficient (Wildman–Crippen LogP) is 3.79. The molecule has 0 aromatic heterocycles. The van der Waals surface area contributed by atoms with Gasteiger partial charge in [-0.25, -0.2) is 3.11 Å². The fraction of sp³-hybridized carbons (Fsp3) is 1.00. The van der Waals surface area contributed by atoms with Gasteiger partial charge in [0.15, 0.2) is 0 Å². The van der Waals surface area contributed by atoms with Gasteiger partial charge < -0.3 is 0 Å². The number of nitrogens with one attached hydrogen (secondary N) is 1. The van der Waals surface area contributed by atoms with Crippen LogP contribution in [-0.2, 0) is 0 Å². The highest BCUT2D eigenvalue weighted by Gasteiger charge is 2.35. The van der Waals surface area contributed by atoms with E-state index in [2.05, 4.69) is 80.2 Å². The van der Waals surface area contributed by atoms with Crippen molar-refractivity contribution in [3.63, 3.8) is 0 Å². The van der Waals surface area contributed by atoms with Crippen molar-refractivity contribution in [2.75, 3.05) is 7.05 Å². The molecular formula is C11H22I2N2. The number of halogens is 2. The molecular weight excluding hydrogens is 414 g/mol. The second-order valence-corrected chi connectivity index (χ2v) is 7.90. The minimum absolute atomic E-state index is 0.442. The van der Waals surface area contributed by atoms with Crippen LogP contribution in [0.25, 0.3) is 0 Å². The molecule has 1 rings (SSSR count). The Hall–Kier alpha value is 1.38. The minimum Gasteiger partial charge on any atom is -0.258 e. The van der Waals surface area contributed by atoms with Gasteiger partial charge in [-0.1, -0.05) is 20.8 Å². The van der Waals surface area contributed by atoms with E-state index < -0.39 is 0 Å². The van der Waals surface area contributed by atoms with E-state index in [4.69, 9.17) is 0 Å². The highest BCUT2D eigenvalue weighted by molar-refractivity contribution is 14.1. The molecule has 1 aliphatic rings. The largest absolute Gasteiger partial charge is 0.258 e. The molecule has 1 N–H and O–H groups in total. The summed E-state index contributed by atoms with van der Waals surface area (Å²) in [6, 6.07) is 1.42. The zero-order chi connectivity index (χ0) is 11.6. The van der Waals surface area contributed by atoms with E-state index in [0.717, 1.165) is 12.0 Å². The number of hydrogen-bond acceptors (Lipinski definition) is 2. The molecule has 0 aromatic rings. The van der Waals surface area contributed by atoms with Crippen molar-refractivity contribution < 1.29 is 0 Å². The molecule has 4 heteroatoms. The Morgan fingerprint density at radius 3 is 2.20 bits per heavy atom. The molecule has 1 aliphatic carbocycles. The van der Waals surface area contributed by atoms with Crippen LogP contribution < -0.4 is 3.53 Å². The third-order valence-corrected chi connectivity index (χ3v) is 5.23. The second kappa shape index (κ2) is 5.82. The van der Waals surface area contributed by atoms with E-state index in [-0.39, 0.29) is 0 Å². The Kier molecular flexibility index (Phi) is 5.60. The summed E-state index contributed by atoms with van der Waals surface area (Å²) in [4.78, 5) is 0. The molecule has 15 heavy (non-hydrogen) atoms. The summed E-state index contributed by atoms with van der Waals surface area (Å²) in [5, 5.41) is 0. The smallest absolute Gasteiger partial charge is 0.0209 e. The van der Waals surface area contributed by atoms with Crippen molar-refractivity contribution in [2.45, 2.75) is 52.1 Å². The zero-order valence-electron chi connectivity index (χ0n) is 10.1.